The van der Waals surface area contributed by atoms with Crippen molar-refractivity contribution in [3.05, 3.63) is 77.9 Å². The number of nitrogens with two attached hydrogens (primary N) is 1. The van der Waals surface area contributed by atoms with Crippen molar-refractivity contribution in [2.45, 2.75) is 13.0 Å². The molecule has 1 atom stereocenters. The van der Waals surface area contributed by atoms with Gasteiger partial charge in [-0.15, -0.1) is 0 Å². The molecular weight excluding hydrogens is 322 g/mol. The van der Waals surface area contributed by atoms with Crippen LogP contribution in [0.5, 0.6) is 0 Å². The molecule has 0 fully saturated rings. The molecule has 0 aliphatic heterocycles. The Labute approximate surface area is 144 Å². The topological polar surface area (TPSA) is 45.7 Å². The highest BCUT2D eigenvalue weighted by molar-refractivity contribution is 5.91. The molecule has 5 heteroatoms. The lowest BCUT2D eigenvalue weighted by Gasteiger charge is -2.14. The summed E-state index contributed by atoms with van der Waals surface area (Å²) in [6.45, 7) is 2.22. The van der Waals surface area contributed by atoms with Crippen LogP contribution in [0.3, 0.4) is 0 Å². The number of carbonyl (C=O) groups excluding carboxylic acids is 1. The molecule has 3 aromatic carbocycles. The first-order chi connectivity index (χ1) is 12.0. The number of anilines is 1. The van der Waals surface area contributed by atoms with Gasteiger partial charge in [0.2, 0.25) is 0 Å². The quantitative estimate of drug-likeness (QED) is 0.734. The van der Waals surface area contributed by atoms with Gasteiger partial charge in [-0.3, -0.25) is 4.79 Å². The fraction of sp³-hybridized carbons (Fsp3) is 0.150. The van der Waals surface area contributed by atoms with Crippen LogP contribution >= 0.6 is 0 Å². The summed E-state index contributed by atoms with van der Waals surface area (Å²) in [5.74, 6) is -2.18. The maximum Gasteiger partial charge on any atom is 0.279 e. The average Bonchev–Trinajstić information content (AvgIpc) is 2.62. The fourth-order valence-corrected chi connectivity index (χ4v) is 2.84. The molecule has 3 nitrogen and oxygen atoms in total. The fourth-order valence-electron chi connectivity index (χ4n) is 2.84. The van der Waals surface area contributed by atoms with Crippen molar-refractivity contribution in [3.63, 3.8) is 0 Å². The van der Waals surface area contributed by atoms with Gasteiger partial charge in [0, 0.05) is 17.3 Å². The summed E-state index contributed by atoms with van der Waals surface area (Å²) in [6, 6.07) is 17.6. The molecule has 3 aromatic rings. The van der Waals surface area contributed by atoms with E-state index in [2.05, 4.69) is 29.6 Å². The molecule has 3 rings (SSSR count). The smallest absolute Gasteiger partial charge is 0.279 e. The molecule has 3 N–H and O–H groups in total. The van der Waals surface area contributed by atoms with Crippen LogP contribution in [0.15, 0.2) is 60.7 Å². The third-order valence-electron chi connectivity index (χ3n) is 4.17. The predicted molar refractivity (Wildman–Crippen MR) is 94.1 cm³/mol. The van der Waals surface area contributed by atoms with E-state index in [9.17, 15) is 13.6 Å². The van der Waals surface area contributed by atoms with Crippen molar-refractivity contribution in [1.29, 1.82) is 0 Å². The van der Waals surface area contributed by atoms with Gasteiger partial charge in [-0.1, -0.05) is 42.5 Å². The molecule has 0 radical (unpaired) electrons. The van der Waals surface area contributed by atoms with Gasteiger partial charge in [0.25, 0.3) is 5.91 Å². The number of quaternary nitrogens is 1. The second-order valence-electron chi connectivity index (χ2n) is 5.97. The predicted octanol–water partition coefficient (Wildman–Crippen LogP) is 3.38. The second kappa shape index (κ2) is 7.40. The number of rotatable bonds is 5. The van der Waals surface area contributed by atoms with Crippen molar-refractivity contribution in [1.82, 2.24) is 0 Å². The third kappa shape index (κ3) is 4.00. The first kappa shape index (κ1) is 17.0. The Morgan fingerprint density at radius 2 is 1.80 bits per heavy atom. The molecule has 0 aromatic heterocycles. The Morgan fingerprint density at radius 3 is 2.60 bits per heavy atom. The van der Waals surface area contributed by atoms with Crippen molar-refractivity contribution in [2.75, 3.05) is 11.9 Å². The van der Waals surface area contributed by atoms with E-state index >= 15 is 0 Å². The first-order valence-electron chi connectivity index (χ1n) is 8.10. The maximum absolute atomic E-state index is 13.2. The zero-order valence-corrected chi connectivity index (χ0v) is 13.8. The molecule has 0 aliphatic carbocycles. The lowest BCUT2D eigenvalue weighted by Crippen LogP contribution is -2.86. The number of fused-ring (bicyclic) bond motifs is 1. The molecule has 0 bridgehead atoms. The van der Waals surface area contributed by atoms with Crippen molar-refractivity contribution in [3.8, 4) is 0 Å². The zero-order valence-electron chi connectivity index (χ0n) is 13.8. The van der Waals surface area contributed by atoms with Gasteiger partial charge in [0.15, 0.2) is 18.2 Å². The second-order valence-corrected chi connectivity index (χ2v) is 5.97. The molecule has 0 heterocycles. The zero-order chi connectivity index (χ0) is 17.8. The Morgan fingerprint density at radius 1 is 1.04 bits per heavy atom. The molecule has 0 spiro atoms. The van der Waals surface area contributed by atoms with E-state index in [0.29, 0.717) is 0 Å². The van der Waals surface area contributed by atoms with Crippen LogP contribution in [0.25, 0.3) is 10.8 Å². The van der Waals surface area contributed by atoms with E-state index in [1.54, 1.807) is 0 Å². The van der Waals surface area contributed by atoms with Crippen molar-refractivity contribution in [2.24, 2.45) is 0 Å². The standard InChI is InChI=1S/C20H18F2N2O/c1-13(16-8-4-6-14-5-2-3-7-17(14)16)23-12-20(25)24-15-9-10-18(21)19(22)11-15/h2-11,13,23H,12H2,1H3,(H,24,25)/p+1/t13-/m0/s1. The molecule has 0 saturated carbocycles. The Hall–Kier alpha value is -2.79. The van der Waals surface area contributed by atoms with Crippen LogP contribution in [0.2, 0.25) is 0 Å². The number of hydrogen-bond acceptors (Lipinski definition) is 1. The summed E-state index contributed by atoms with van der Waals surface area (Å²) >= 11 is 0. The van der Waals surface area contributed by atoms with Gasteiger partial charge in [0.05, 0.1) is 0 Å². The van der Waals surface area contributed by atoms with Crippen LogP contribution in [0.1, 0.15) is 18.5 Å². The Bertz CT molecular complexity index is 906. The molecule has 25 heavy (non-hydrogen) atoms. The molecule has 0 unspecified atom stereocenters. The van der Waals surface area contributed by atoms with E-state index in [-0.39, 0.29) is 24.2 Å². The molecule has 1 amide bonds. The van der Waals surface area contributed by atoms with E-state index in [1.807, 2.05) is 30.4 Å². The summed E-state index contributed by atoms with van der Waals surface area (Å²) in [5.41, 5.74) is 1.40. The van der Waals surface area contributed by atoms with Gasteiger partial charge in [-0.05, 0) is 29.8 Å². The highest BCUT2D eigenvalue weighted by Crippen LogP contribution is 2.22. The molecule has 0 aliphatic rings. The highest BCUT2D eigenvalue weighted by Gasteiger charge is 2.14. The van der Waals surface area contributed by atoms with Crippen LogP contribution in [-0.4, -0.2) is 12.5 Å². The van der Waals surface area contributed by atoms with Crippen LogP contribution in [0, 0.1) is 11.6 Å². The summed E-state index contributed by atoms with van der Waals surface area (Å²) in [5, 5.41) is 6.81. The van der Waals surface area contributed by atoms with Crippen LogP contribution in [0.4, 0.5) is 14.5 Å². The average molecular weight is 341 g/mol. The lowest BCUT2D eigenvalue weighted by molar-refractivity contribution is -0.682. The van der Waals surface area contributed by atoms with Crippen molar-refractivity contribution >= 4 is 22.4 Å². The Balaban J connectivity index is 1.64. The number of benzene rings is 3. The van der Waals surface area contributed by atoms with Gasteiger partial charge in [-0.2, -0.15) is 0 Å². The number of carbonyl (C=O) groups is 1. The normalized spacial score (nSPS) is 12.1. The van der Waals surface area contributed by atoms with Gasteiger partial charge >= 0.3 is 0 Å². The molecule has 0 saturated heterocycles. The first-order valence-corrected chi connectivity index (χ1v) is 8.10. The lowest BCUT2D eigenvalue weighted by atomic mass is 10.00. The SMILES string of the molecule is C[C@H]([NH2+]CC(=O)Nc1ccc(F)c(F)c1)c1cccc2ccccc12. The summed E-state index contributed by atoms with van der Waals surface area (Å²) < 4.78 is 26.1. The van der Waals surface area contributed by atoms with Gasteiger partial charge in [0.1, 0.15) is 6.04 Å². The highest BCUT2D eigenvalue weighted by atomic mass is 19.2. The summed E-state index contributed by atoms with van der Waals surface area (Å²) in [4.78, 5) is 12.0. The maximum atomic E-state index is 13.2. The largest absolute Gasteiger partial charge is 0.332 e. The van der Waals surface area contributed by atoms with E-state index in [0.717, 1.165) is 28.5 Å². The minimum absolute atomic E-state index is 0.0850. The van der Waals surface area contributed by atoms with Crippen LogP contribution in [-0.2, 0) is 4.79 Å². The summed E-state index contributed by atoms with van der Waals surface area (Å²) in [7, 11) is 0. The minimum atomic E-state index is -0.981. The Kier molecular flexibility index (Phi) is 5.05. The number of nitrogens with one attached hydrogen (secondary N) is 1. The number of hydrogen-bond donors (Lipinski definition) is 2. The van der Waals surface area contributed by atoms with Gasteiger partial charge < -0.3 is 10.6 Å². The number of halogens is 2. The molecule has 128 valence electrons. The number of amides is 1. The molecular formula is C20H19F2N2O+. The summed E-state index contributed by atoms with van der Waals surface area (Å²) in [6.07, 6.45) is 0. The van der Waals surface area contributed by atoms with E-state index in [1.165, 1.54) is 6.07 Å². The van der Waals surface area contributed by atoms with Crippen LogP contribution < -0.4 is 10.6 Å². The van der Waals surface area contributed by atoms with E-state index in [4.69, 9.17) is 0 Å². The monoisotopic (exact) mass is 341 g/mol. The third-order valence-corrected chi connectivity index (χ3v) is 4.17. The van der Waals surface area contributed by atoms with E-state index < -0.39 is 11.6 Å². The van der Waals surface area contributed by atoms with Gasteiger partial charge in [-0.25, -0.2) is 8.78 Å². The van der Waals surface area contributed by atoms with Crippen molar-refractivity contribution < 1.29 is 18.9 Å². The minimum Gasteiger partial charge on any atom is -0.332 e.